The SMILES string of the molecule is CCCCN(c1cc(/C(N)=N/O)cc(C)n1)C(C)CC. The van der Waals surface area contributed by atoms with E-state index in [0.29, 0.717) is 11.6 Å². The Labute approximate surface area is 121 Å². The number of amidine groups is 1. The first-order chi connectivity index (χ1) is 9.53. The molecule has 1 unspecified atom stereocenters. The number of nitrogens with two attached hydrogens (primary N) is 1. The zero-order valence-corrected chi connectivity index (χ0v) is 12.9. The fraction of sp³-hybridized carbons (Fsp3) is 0.600. The molecule has 1 atom stereocenters. The number of aryl methyl sites for hydroxylation is 1. The standard InChI is InChI=1S/C15H26N4O/c1-5-7-8-19(12(4)6-2)14-10-13(15(16)18-20)9-11(3)17-14/h9-10,12,20H,5-8H2,1-4H3,(H2,16,18). The average Bonchev–Trinajstić information content (AvgIpc) is 2.45. The summed E-state index contributed by atoms with van der Waals surface area (Å²) in [6, 6.07) is 4.13. The van der Waals surface area contributed by atoms with E-state index >= 15 is 0 Å². The Kier molecular flexibility index (Phi) is 6.28. The second kappa shape index (κ2) is 7.72. The van der Waals surface area contributed by atoms with Crippen molar-refractivity contribution in [3.05, 3.63) is 23.4 Å². The molecular weight excluding hydrogens is 252 g/mol. The van der Waals surface area contributed by atoms with Crippen LogP contribution in [0.25, 0.3) is 0 Å². The zero-order chi connectivity index (χ0) is 15.1. The monoisotopic (exact) mass is 278 g/mol. The maximum Gasteiger partial charge on any atom is 0.170 e. The van der Waals surface area contributed by atoms with Crippen molar-refractivity contribution in [1.29, 1.82) is 0 Å². The molecule has 0 spiro atoms. The summed E-state index contributed by atoms with van der Waals surface area (Å²) >= 11 is 0. The van der Waals surface area contributed by atoms with Gasteiger partial charge in [-0.05, 0) is 38.8 Å². The Morgan fingerprint density at radius 1 is 1.45 bits per heavy atom. The summed E-state index contributed by atoms with van der Waals surface area (Å²) in [5.74, 6) is 1.02. The smallest absolute Gasteiger partial charge is 0.170 e. The molecule has 1 heterocycles. The lowest BCUT2D eigenvalue weighted by Gasteiger charge is -2.30. The Balaban J connectivity index is 3.15. The van der Waals surface area contributed by atoms with Gasteiger partial charge >= 0.3 is 0 Å². The van der Waals surface area contributed by atoms with Crippen LogP contribution in [0.15, 0.2) is 17.3 Å². The van der Waals surface area contributed by atoms with Crippen LogP contribution in [0.3, 0.4) is 0 Å². The number of nitrogens with zero attached hydrogens (tertiary/aromatic N) is 3. The van der Waals surface area contributed by atoms with Crippen molar-refractivity contribution in [3.8, 4) is 0 Å². The maximum atomic E-state index is 8.83. The molecule has 0 bridgehead atoms. The first-order valence-corrected chi connectivity index (χ1v) is 7.26. The predicted octanol–water partition coefficient (Wildman–Crippen LogP) is 2.89. The average molecular weight is 278 g/mol. The summed E-state index contributed by atoms with van der Waals surface area (Å²) in [6.07, 6.45) is 3.32. The summed E-state index contributed by atoms with van der Waals surface area (Å²) in [5.41, 5.74) is 7.27. The van der Waals surface area contributed by atoms with Gasteiger partial charge in [-0.3, -0.25) is 0 Å². The third-order valence-corrected chi connectivity index (χ3v) is 3.51. The van der Waals surface area contributed by atoms with Gasteiger partial charge in [-0.2, -0.15) is 0 Å². The Hall–Kier alpha value is -1.78. The van der Waals surface area contributed by atoms with Gasteiger partial charge in [0.2, 0.25) is 0 Å². The van der Waals surface area contributed by atoms with E-state index < -0.39 is 0 Å². The number of rotatable bonds is 7. The number of hydrogen-bond donors (Lipinski definition) is 2. The number of aromatic nitrogens is 1. The highest BCUT2D eigenvalue weighted by molar-refractivity contribution is 5.97. The molecule has 5 heteroatoms. The maximum absolute atomic E-state index is 8.83. The lowest BCUT2D eigenvalue weighted by Crippen LogP contribution is -2.34. The van der Waals surface area contributed by atoms with Gasteiger partial charge in [0.25, 0.3) is 0 Å². The Bertz CT molecular complexity index is 459. The van der Waals surface area contributed by atoms with Crippen LogP contribution < -0.4 is 10.6 Å². The van der Waals surface area contributed by atoms with Crippen LogP contribution in [0, 0.1) is 6.92 Å². The van der Waals surface area contributed by atoms with E-state index in [1.54, 1.807) is 0 Å². The first kappa shape index (κ1) is 16.3. The highest BCUT2D eigenvalue weighted by Gasteiger charge is 2.15. The van der Waals surface area contributed by atoms with Gasteiger partial charge in [0.1, 0.15) is 5.82 Å². The zero-order valence-electron chi connectivity index (χ0n) is 12.9. The molecule has 20 heavy (non-hydrogen) atoms. The molecule has 1 aromatic rings. The summed E-state index contributed by atoms with van der Waals surface area (Å²) < 4.78 is 0. The third kappa shape index (κ3) is 4.11. The van der Waals surface area contributed by atoms with Crippen molar-refractivity contribution in [3.63, 3.8) is 0 Å². The van der Waals surface area contributed by atoms with Crippen LogP contribution in [0.4, 0.5) is 5.82 Å². The number of pyridine rings is 1. The summed E-state index contributed by atoms with van der Waals surface area (Å²) in [5, 5.41) is 11.9. The van der Waals surface area contributed by atoms with Gasteiger partial charge in [-0.1, -0.05) is 25.4 Å². The molecule has 5 nitrogen and oxygen atoms in total. The van der Waals surface area contributed by atoms with E-state index in [2.05, 4.69) is 35.8 Å². The van der Waals surface area contributed by atoms with Crippen molar-refractivity contribution < 1.29 is 5.21 Å². The minimum Gasteiger partial charge on any atom is -0.409 e. The van der Waals surface area contributed by atoms with Gasteiger partial charge < -0.3 is 15.8 Å². The lowest BCUT2D eigenvalue weighted by molar-refractivity contribution is 0.318. The van der Waals surface area contributed by atoms with Gasteiger partial charge in [-0.25, -0.2) is 4.98 Å². The van der Waals surface area contributed by atoms with E-state index in [-0.39, 0.29) is 5.84 Å². The highest BCUT2D eigenvalue weighted by atomic mass is 16.4. The van der Waals surface area contributed by atoms with Gasteiger partial charge in [-0.15, -0.1) is 0 Å². The molecule has 1 rings (SSSR count). The molecule has 0 amide bonds. The van der Waals surface area contributed by atoms with Crippen LogP contribution >= 0.6 is 0 Å². The molecule has 3 N–H and O–H groups in total. The molecule has 1 aromatic heterocycles. The molecule has 0 aliphatic rings. The van der Waals surface area contributed by atoms with E-state index in [4.69, 9.17) is 10.9 Å². The topological polar surface area (TPSA) is 74.7 Å². The Morgan fingerprint density at radius 2 is 2.15 bits per heavy atom. The van der Waals surface area contributed by atoms with Crippen molar-refractivity contribution >= 4 is 11.7 Å². The van der Waals surface area contributed by atoms with Crippen molar-refractivity contribution in [2.75, 3.05) is 11.4 Å². The highest BCUT2D eigenvalue weighted by Crippen LogP contribution is 2.19. The first-order valence-electron chi connectivity index (χ1n) is 7.26. The number of hydrogen-bond acceptors (Lipinski definition) is 4. The molecule has 0 saturated carbocycles. The number of anilines is 1. The minimum absolute atomic E-state index is 0.122. The van der Waals surface area contributed by atoms with Crippen LogP contribution in [-0.2, 0) is 0 Å². The van der Waals surface area contributed by atoms with Gasteiger partial charge in [0.15, 0.2) is 5.84 Å². The number of unbranched alkanes of at least 4 members (excludes halogenated alkanes) is 1. The minimum atomic E-state index is 0.122. The molecule has 112 valence electrons. The van der Waals surface area contributed by atoms with Crippen LogP contribution in [0.5, 0.6) is 0 Å². The quantitative estimate of drug-likeness (QED) is 0.348. The molecule has 0 radical (unpaired) electrons. The third-order valence-electron chi connectivity index (χ3n) is 3.51. The van der Waals surface area contributed by atoms with Crippen LogP contribution in [0.2, 0.25) is 0 Å². The van der Waals surface area contributed by atoms with Crippen molar-refractivity contribution in [1.82, 2.24) is 4.98 Å². The van der Waals surface area contributed by atoms with Crippen LogP contribution in [-0.4, -0.2) is 28.6 Å². The molecular formula is C15H26N4O. The van der Waals surface area contributed by atoms with Crippen molar-refractivity contribution in [2.24, 2.45) is 10.9 Å². The fourth-order valence-electron chi connectivity index (χ4n) is 2.11. The normalized spacial score (nSPS) is 13.3. The van der Waals surface area contributed by atoms with Gasteiger partial charge in [0, 0.05) is 23.8 Å². The second-order valence-corrected chi connectivity index (χ2v) is 5.14. The van der Waals surface area contributed by atoms with E-state index in [9.17, 15) is 0 Å². The molecule has 0 saturated heterocycles. The summed E-state index contributed by atoms with van der Waals surface area (Å²) in [7, 11) is 0. The second-order valence-electron chi connectivity index (χ2n) is 5.14. The van der Waals surface area contributed by atoms with Crippen molar-refractivity contribution in [2.45, 2.75) is 53.0 Å². The predicted molar refractivity (Wildman–Crippen MR) is 83.5 cm³/mol. The molecule has 0 aliphatic heterocycles. The largest absolute Gasteiger partial charge is 0.409 e. The molecule has 0 aliphatic carbocycles. The molecule has 0 fully saturated rings. The van der Waals surface area contributed by atoms with Gasteiger partial charge in [0.05, 0.1) is 0 Å². The Morgan fingerprint density at radius 3 is 2.70 bits per heavy atom. The summed E-state index contributed by atoms with van der Waals surface area (Å²) in [6.45, 7) is 9.44. The fourth-order valence-corrected chi connectivity index (χ4v) is 2.11. The van der Waals surface area contributed by atoms with E-state index in [1.807, 2.05) is 19.1 Å². The number of oxime groups is 1. The summed E-state index contributed by atoms with van der Waals surface area (Å²) in [4.78, 5) is 6.90. The van der Waals surface area contributed by atoms with E-state index in [0.717, 1.165) is 37.3 Å². The van der Waals surface area contributed by atoms with E-state index in [1.165, 1.54) is 0 Å². The lowest BCUT2D eigenvalue weighted by atomic mass is 10.1. The molecule has 0 aromatic carbocycles. The van der Waals surface area contributed by atoms with Crippen LogP contribution in [0.1, 0.15) is 51.3 Å².